The lowest BCUT2D eigenvalue weighted by Gasteiger charge is -2.40. The molecule has 2 heterocycles. The van der Waals surface area contributed by atoms with E-state index >= 15 is 0 Å². The summed E-state index contributed by atoms with van der Waals surface area (Å²) in [4.78, 5) is 25.8. The summed E-state index contributed by atoms with van der Waals surface area (Å²) in [6.07, 6.45) is 2.20. The first-order valence-electron chi connectivity index (χ1n) is 6.57. The summed E-state index contributed by atoms with van der Waals surface area (Å²) in [6, 6.07) is 1.71. The van der Waals surface area contributed by atoms with Crippen molar-refractivity contribution in [3.63, 3.8) is 0 Å². The molecule has 1 aromatic rings. The zero-order valence-electron chi connectivity index (χ0n) is 11.1. The van der Waals surface area contributed by atoms with E-state index in [4.69, 9.17) is 4.52 Å². The second kappa shape index (κ2) is 4.08. The van der Waals surface area contributed by atoms with Crippen molar-refractivity contribution in [3.8, 4) is 0 Å². The Bertz CT molecular complexity index is 531. The Hall–Kier alpha value is -1.85. The first-order chi connectivity index (χ1) is 9.00. The molecule has 6 heteroatoms. The molecule has 3 rings (SSSR count). The van der Waals surface area contributed by atoms with Gasteiger partial charge in [0.2, 0.25) is 5.91 Å². The van der Waals surface area contributed by atoms with Crippen molar-refractivity contribution in [1.29, 1.82) is 0 Å². The second-order valence-electron chi connectivity index (χ2n) is 5.66. The molecule has 6 nitrogen and oxygen atoms in total. The molecule has 2 aliphatic rings. The molecule has 1 aromatic heterocycles. The first-order valence-corrected chi connectivity index (χ1v) is 6.57. The highest BCUT2D eigenvalue weighted by Crippen LogP contribution is 2.40. The quantitative estimate of drug-likeness (QED) is 0.860. The lowest BCUT2D eigenvalue weighted by Crippen LogP contribution is -2.63. The van der Waals surface area contributed by atoms with Gasteiger partial charge in [0, 0.05) is 25.1 Å². The number of aromatic nitrogens is 1. The largest absolute Gasteiger partial charge is 0.360 e. The van der Waals surface area contributed by atoms with Gasteiger partial charge in [0.25, 0.3) is 5.91 Å². The molecule has 1 N–H and O–H groups in total. The van der Waals surface area contributed by atoms with E-state index in [1.807, 2.05) is 0 Å². The maximum absolute atomic E-state index is 12.4. The van der Waals surface area contributed by atoms with Crippen LogP contribution in [0.3, 0.4) is 0 Å². The lowest BCUT2D eigenvalue weighted by molar-refractivity contribution is -0.133. The summed E-state index contributed by atoms with van der Waals surface area (Å²) < 4.78 is 5.20. The van der Waals surface area contributed by atoms with Crippen LogP contribution < -0.4 is 5.32 Å². The molecule has 19 heavy (non-hydrogen) atoms. The topological polar surface area (TPSA) is 75.4 Å². The van der Waals surface area contributed by atoms with E-state index in [0.717, 1.165) is 18.6 Å². The summed E-state index contributed by atoms with van der Waals surface area (Å²) in [6.45, 7) is 4.44. The Balaban J connectivity index is 1.83. The molecule has 0 spiro atoms. The van der Waals surface area contributed by atoms with Crippen LogP contribution in [0.1, 0.15) is 48.9 Å². The fraction of sp³-hybridized carbons (Fsp3) is 0.615. The fourth-order valence-electron chi connectivity index (χ4n) is 2.34. The Kier molecular flexibility index (Phi) is 2.62. The minimum atomic E-state index is -0.853. The highest BCUT2D eigenvalue weighted by Gasteiger charge is 2.41. The van der Waals surface area contributed by atoms with Crippen molar-refractivity contribution >= 4 is 11.8 Å². The summed E-state index contributed by atoms with van der Waals surface area (Å²) in [5.41, 5.74) is -0.557. The third-order valence-electron chi connectivity index (χ3n) is 3.82. The van der Waals surface area contributed by atoms with Crippen molar-refractivity contribution in [2.45, 2.75) is 38.1 Å². The zero-order chi connectivity index (χ0) is 13.6. The van der Waals surface area contributed by atoms with Gasteiger partial charge in [-0.05, 0) is 26.7 Å². The Labute approximate surface area is 111 Å². The normalized spacial score (nSPS) is 22.2. The van der Waals surface area contributed by atoms with Crippen molar-refractivity contribution in [1.82, 2.24) is 15.4 Å². The van der Waals surface area contributed by atoms with E-state index in [1.54, 1.807) is 24.8 Å². The smallest absolute Gasteiger partial charge is 0.276 e. The minimum Gasteiger partial charge on any atom is -0.360 e. The molecule has 1 aliphatic heterocycles. The molecule has 2 fully saturated rings. The van der Waals surface area contributed by atoms with Gasteiger partial charge in [0.05, 0.1) is 0 Å². The van der Waals surface area contributed by atoms with Crippen LogP contribution in [-0.4, -0.2) is 40.5 Å². The van der Waals surface area contributed by atoms with Gasteiger partial charge < -0.3 is 14.7 Å². The number of rotatable bonds is 2. The number of hydrogen-bond acceptors (Lipinski definition) is 4. The highest BCUT2D eigenvalue weighted by molar-refractivity contribution is 5.98. The Morgan fingerprint density at radius 2 is 2.26 bits per heavy atom. The zero-order valence-corrected chi connectivity index (χ0v) is 11.1. The van der Waals surface area contributed by atoms with Crippen LogP contribution in [0.4, 0.5) is 0 Å². The summed E-state index contributed by atoms with van der Waals surface area (Å²) in [5, 5.41) is 6.61. The number of hydrogen-bond donors (Lipinski definition) is 1. The van der Waals surface area contributed by atoms with Gasteiger partial charge in [-0.1, -0.05) is 5.16 Å². The molecular formula is C13H17N3O3. The van der Waals surface area contributed by atoms with E-state index < -0.39 is 5.54 Å². The summed E-state index contributed by atoms with van der Waals surface area (Å²) in [5.74, 6) is 0.822. The monoisotopic (exact) mass is 263 g/mol. The SMILES string of the molecule is CC1(C)C(=O)NCCN1C(=O)c1cc(C2CC2)on1. The maximum Gasteiger partial charge on any atom is 0.276 e. The van der Waals surface area contributed by atoms with Crippen molar-refractivity contribution < 1.29 is 14.1 Å². The molecule has 0 aromatic carbocycles. The van der Waals surface area contributed by atoms with E-state index in [0.29, 0.717) is 24.7 Å². The summed E-state index contributed by atoms with van der Waals surface area (Å²) in [7, 11) is 0. The molecular weight excluding hydrogens is 246 g/mol. The number of amides is 2. The predicted octanol–water partition coefficient (Wildman–Crippen LogP) is 0.903. The fourth-order valence-corrected chi connectivity index (χ4v) is 2.34. The van der Waals surface area contributed by atoms with Gasteiger partial charge in [-0.15, -0.1) is 0 Å². The summed E-state index contributed by atoms with van der Waals surface area (Å²) >= 11 is 0. The maximum atomic E-state index is 12.4. The molecule has 102 valence electrons. The first kappa shape index (κ1) is 12.2. The molecule has 2 amide bonds. The van der Waals surface area contributed by atoms with Crippen LogP contribution in [0.5, 0.6) is 0 Å². The molecule has 0 radical (unpaired) electrons. The average molecular weight is 263 g/mol. The minimum absolute atomic E-state index is 0.141. The van der Waals surface area contributed by atoms with Crippen molar-refractivity contribution in [3.05, 3.63) is 17.5 Å². The van der Waals surface area contributed by atoms with Crippen LogP contribution in [0.15, 0.2) is 10.6 Å². The van der Waals surface area contributed by atoms with Gasteiger partial charge >= 0.3 is 0 Å². The number of carbonyl (C=O) groups excluding carboxylic acids is 2. The average Bonchev–Trinajstić information content (AvgIpc) is 3.10. The number of nitrogens with zero attached hydrogens (tertiary/aromatic N) is 2. The van der Waals surface area contributed by atoms with Crippen LogP contribution in [0, 0.1) is 0 Å². The van der Waals surface area contributed by atoms with Crippen molar-refractivity contribution in [2.75, 3.05) is 13.1 Å². The van der Waals surface area contributed by atoms with Gasteiger partial charge in [-0.2, -0.15) is 0 Å². The van der Waals surface area contributed by atoms with E-state index in [9.17, 15) is 9.59 Å². The molecule has 1 saturated heterocycles. The van der Waals surface area contributed by atoms with Crippen LogP contribution in [0.25, 0.3) is 0 Å². The molecule has 1 saturated carbocycles. The molecule has 0 atom stereocenters. The van der Waals surface area contributed by atoms with Crippen molar-refractivity contribution in [2.24, 2.45) is 0 Å². The van der Waals surface area contributed by atoms with E-state index in [2.05, 4.69) is 10.5 Å². The van der Waals surface area contributed by atoms with Gasteiger partial charge in [-0.3, -0.25) is 9.59 Å². The van der Waals surface area contributed by atoms with E-state index in [-0.39, 0.29) is 11.8 Å². The molecule has 1 aliphatic carbocycles. The van der Waals surface area contributed by atoms with Crippen LogP contribution >= 0.6 is 0 Å². The number of carbonyl (C=O) groups is 2. The van der Waals surface area contributed by atoms with E-state index in [1.165, 1.54) is 0 Å². The van der Waals surface area contributed by atoms with Gasteiger partial charge in [0.1, 0.15) is 11.3 Å². The number of piperazine rings is 1. The standard InChI is InChI=1S/C13H17N3O3/c1-13(2)12(18)14-5-6-16(13)11(17)9-7-10(19-15-9)8-3-4-8/h7-8H,3-6H2,1-2H3,(H,14,18). The van der Waals surface area contributed by atoms with Crippen LogP contribution in [0.2, 0.25) is 0 Å². The Morgan fingerprint density at radius 3 is 2.95 bits per heavy atom. The van der Waals surface area contributed by atoms with Gasteiger partial charge in [0.15, 0.2) is 5.69 Å². The van der Waals surface area contributed by atoms with Crippen LogP contribution in [-0.2, 0) is 4.79 Å². The third kappa shape index (κ3) is 2.01. The molecule has 0 unspecified atom stereocenters. The highest BCUT2D eigenvalue weighted by atomic mass is 16.5. The second-order valence-corrected chi connectivity index (χ2v) is 5.66. The Morgan fingerprint density at radius 1 is 1.53 bits per heavy atom. The number of nitrogens with one attached hydrogen (secondary N) is 1. The van der Waals surface area contributed by atoms with Gasteiger partial charge in [-0.25, -0.2) is 0 Å². The molecule has 0 bridgehead atoms. The third-order valence-corrected chi connectivity index (χ3v) is 3.82. The lowest BCUT2D eigenvalue weighted by atomic mass is 9.98. The predicted molar refractivity (Wildman–Crippen MR) is 66.6 cm³/mol.